The number of thiophene rings is 1. The van der Waals surface area contributed by atoms with E-state index in [4.69, 9.17) is 20.0 Å². The number of hydrogen-bond donors (Lipinski definition) is 0. The first kappa shape index (κ1) is 34.9. The Labute approximate surface area is 331 Å². The molecule has 8 aromatic rings. The predicted molar refractivity (Wildman–Crippen MR) is 238 cm³/mol. The molecule has 0 amide bonds. The Morgan fingerprint density at radius 2 is 1.30 bits per heavy atom. The third-order valence-electron chi connectivity index (χ3n) is 10.2. The standard InChI is InChI=1S/C51H38N4S/c1-34(36-17-7-3-8-18-36)52-51(53-35(2)37-29-31-39(32-30-37)38-19-9-4-10-20-38)43-26-15-25-42(33-43)44-27-16-28-45-47-49(56-48(44)45)46(40-21-11-5-12-22-40)54-50(55-47)41-23-13-6-14-24-41/h3-19,21-33,38H,1,20H2,2H3. The molecule has 1 aliphatic carbocycles. The molecule has 0 fully saturated rings. The van der Waals surface area contributed by atoms with Crippen LogP contribution in [0.2, 0.25) is 0 Å². The number of hydrogen-bond acceptors (Lipinski definition) is 4. The van der Waals surface area contributed by atoms with Crippen LogP contribution in [0, 0.1) is 0 Å². The van der Waals surface area contributed by atoms with Crippen LogP contribution in [0.3, 0.4) is 0 Å². The van der Waals surface area contributed by atoms with Crippen LogP contribution in [0.1, 0.15) is 41.5 Å². The van der Waals surface area contributed by atoms with E-state index in [2.05, 4.69) is 141 Å². The molecule has 1 aliphatic rings. The van der Waals surface area contributed by atoms with Crippen LogP contribution in [-0.2, 0) is 0 Å². The molecular weight excluding hydrogens is 701 g/mol. The van der Waals surface area contributed by atoms with Crippen LogP contribution >= 0.6 is 11.3 Å². The lowest BCUT2D eigenvalue weighted by molar-refractivity contribution is 0.854. The van der Waals surface area contributed by atoms with Gasteiger partial charge in [-0.15, -0.1) is 11.3 Å². The molecule has 0 spiro atoms. The van der Waals surface area contributed by atoms with E-state index >= 15 is 0 Å². The van der Waals surface area contributed by atoms with E-state index < -0.39 is 0 Å². The highest BCUT2D eigenvalue weighted by molar-refractivity contribution is 7.26. The van der Waals surface area contributed by atoms with Crippen molar-refractivity contribution in [3.05, 3.63) is 211 Å². The minimum atomic E-state index is 0.397. The summed E-state index contributed by atoms with van der Waals surface area (Å²) in [6, 6.07) is 54.5. The van der Waals surface area contributed by atoms with E-state index in [-0.39, 0.29) is 0 Å². The van der Waals surface area contributed by atoms with Crippen molar-refractivity contribution in [2.75, 3.05) is 0 Å². The van der Waals surface area contributed by atoms with Crippen molar-refractivity contribution in [3.63, 3.8) is 0 Å². The zero-order chi connectivity index (χ0) is 37.8. The van der Waals surface area contributed by atoms with E-state index in [0.717, 1.165) is 82.9 Å². The molecule has 0 saturated heterocycles. The summed E-state index contributed by atoms with van der Waals surface area (Å²) >= 11 is 1.75. The van der Waals surface area contributed by atoms with Gasteiger partial charge in [0, 0.05) is 38.4 Å². The summed E-state index contributed by atoms with van der Waals surface area (Å²) in [6.45, 7) is 6.41. The van der Waals surface area contributed by atoms with E-state index in [1.807, 2.05) is 54.6 Å². The lowest BCUT2D eigenvalue weighted by Crippen LogP contribution is -2.05. The van der Waals surface area contributed by atoms with Gasteiger partial charge in [0.05, 0.1) is 21.6 Å². The fraction of sp³-hybridized carbons (Fsp3) is 0.0588. The first-order valence-electron chi connectivity index (χ1n) is 18.9. The van der Waals surface area contributed by atoms with Gasteiger partial charge in [0.1, 0.15) is 0 Å². The average molecular weight is 739 g/mol. The number of allylic oxidation sites excluding steroid dienone is 4. The Morgan fingerprint density at radius 1 is 0.625 bits per heavy atom. The second kappa shape index (κ2) is 15.5. The molecular formula is C51H38N4S. The Hall–Kier alpha value is -6.82. The molecule has 5 heteroatoms. The van der Waals surface area contributed by atoms with Crippen molar-refractivity contribution in [2.45, 2.75) is 19.3 Å². The third kappa shape index (κ3) is 7.08. The number of aliphatic imine (C=N–C) groups is 2. The Kier molecular flexibility index (Phi) is 9.66. The fourth-order valence-electron chi connectivity index (χ4n) is 7.23. The molecule has 0 N–H and O–H groups in total. The van der Waals surface area contributed by atoms with Crippen molar-refractivity contribution >= 4 is 48.9 Å². The minimum Gasteiger partial charge on any atom is -0.233 e. The van der Waals surface area contributed by atoms with Crippen LogP contribution in [0.15, 0.2) is 199 Å². The summed E-state index contributed by atoms with van der Waals surface area (Å²) < 4.78 is 2.23. The van der Waals surface area contributed by atoms with Crippen LogP contribution in [-0.4, -0.2) is 21.5 Å². The summed E-state index contributed by atoms with van der Waals surface area (Å²) in [5.74, 6) is 1.72. The van der Waals surface area contributed by atoms with E-state index in [9.17, 15) is 0 Å². The topological polar surface area (TPSA) is 50.5 Å². The minimum absolute atomic E-state index is 0.397. The average Bonchev–Trinajstić information content (AvgIpc) is 3.66. The monoisotopic (exact) mass is 738 g/mol. The third-order valence-corrected chi connectivity index (χ3v) is 11.4. The maximum Gasteiger partial charge on any atom is 0.160 e. The summed E-state index contributed by atoms with van der Waals surface area (Å²) in [6.07, 6.45) is 9.75. The Bertz CT molecular complexity index is 2830. The number of aromatic nitrogens is 2. The molecule has 56 heavy (non-hydrogen) atoms. The zero-order valence-electron chi connectivity index (χ0n) is 31.0. The summed E-state index contributed by atoms with van der Waals surface area (Å²) in [5, 5.41) is 1.10. The molecule has 268 valence electrons. The second-order valence-corrected chi connectivity index (χ2v) is 14.9. The van der Waals surface area contributed by atoms with E-state index in [1.54, 1.807) is 11.3 Å². The Balaban J connectivity index is 1.15. The van der Waals surface area contributed by atoms with Crippen LogP contribution < -0.4 is 0 Å². The van der Waals surface area contributed by atoms with Gasteiger partial charge in [-0.3, -0.25) is 0 Å². The maximum absolute atomic E-state index is 5.21. The first-order chi connectivity index (χ1) is 27.6. The summed E-state index contributed by atoms with van der Waals surface area (Å²) in [5.41, 5.74) is 11.9. The number of fused-ring (bicyclic) bond motifs is 3. The lowest BCUT2D eigenvalue weighted by Gasteiger charge is -2.14. The van der Waals surface area contributed by atoms with Crippen LogP contribution in [0.25, 0.3) is 59.8 Å². The molecule has 1 atom stereocenters. The highest BCUT2D eigenvalue weighted by Gasteiger charge is 2.19. The molecule has 0 aliphatic heterocycles. The normalized spacial score (nSPS) is 14.4. The van der Waals surface area contributed by atoms with Gasteiger partial charge < -0.3 is 0 Å². The van der Waals surface area contributed by atoms with Gasteiger partial charge in [-0.1, -0.05) is 183 Å². The second-order valence-electron chi connectivity index (χ2n) is 13.9. The number of amidine groups is 1. The van der Waals surface area contributed by atoms with Crippen LogP contribution in [0.5, 0.6) is 0 Å². The van der Waals surface area contributed by atoms with Crippen molar-refractivity contribution in [3.8, 4) is 33.8 Å². The largest absolute Gasteiger partial charge is 0.233 e. The molecule has 1 unspecified atom stereocenters. The number of benzene rings is 6. The smallest absolute Gasteiger partial charge is 0.160 e. The fourth-order valence-corrected chi connectivity index (χ4v) is 8.51. The molecule has 0 bridgehead atoms. The summed E-state index contributed by atoms with van der Waals surface area (Å²) in [7, 11) is 0. The molecule has 9 rings (SSSR count). The van der Waals surface area contributed by atoms with Crippen molar-refractivity contribution in [1.29, 1.82) is 0 Å². The SMILES string of the molecule is C=C(N=C(N=C(C)c1ccc(C2C=CC=CC2)cc1)c1cccc(-c2cccc3c2sc2c(-c4ccccc4)nc(-c4ccccc4)nc23)c1)c1ccccc1. The molecule has 2 heterocycles. The molecule has 4 nitrogen and oxygen atoms in total. The first-order valence-corrected chi connectivity index (χ1v) is 19.7. The lowest BCUT2D eigenvalue weighted by atomic mass is 9.92. The van der Waals surface area contributed by atoms with Gasteiger partial charge in [0.15, 0.2) is 11.7 Å². The highest BCUT2D eigenvalue weighted by atomic mass is 32.1. The van der Waals surface area contributed by atoms with E-state index in [1.165, 1.54) is 5.56 Å². The van der Waals surface area contributed by atoms with Gasteiger partial charge in [0.2, 0.25) is 0 Å². The van der Waals surface area contributed by atoms with Crippen LogP contribution in [0.4, 0.5) is 0 Å². The van der Waals surface area contributed by atoms with Gasteiger partial charge in [-0.25, -0.2) is 20.0 Å². The Morgan fingerprint density at radius 3 is 2.04 bits per heavy atom. The van der Waals surface area contributed by atoms with Gasteiger partial charge in [0.25, 0.3) is 0 Å². The van der Waals surface area contributed by atoms with Crippen molar-refractivity contribution in [2.24, 2.45) is 9.98 Å². The van der Waals surface area contributed by atoms with Crippen molar-refractivity contribution < 1.29 is 0 Å². The number of nitrogens with zero attached hydrogens (tertiary/aromatic N) is 4. The number of rotatable bonds is 8. The molecule has 6 aromatic carbocycles. The molecule has 0 saturated carbocycles. The molecule has 0 radical (unpaired) electrons. The zero-order valence-corrected chi connectivity index (χ0v) is 31.8. The molecule has 2 aromatic heterocycles. The van der Waals surface area contributed by atoms with Gasteiger partial charge >= 0.3 is 0 Å². The van der Waals surface area contributed by atoms with Crippen molar-refractivity contribution in [1.82, 2.24) is 9.97 Å². The summed E-state index contributed by atoms with van der Waals surface area (Å²) in [4.78, 5) is 20.7. The highest BCUT2D eigenvalue weighted by Crippen LogP contribution is 2.43. The van der Waals surface area contributed by atoms with E-state index in [0.29, 0.717) is 17.5 Å². The van der Waals surface area contributed by atoms with Gasteiger partial charge in [-0.05, 0) is 47.2 Å². The quantitative estimate of drug-likeness (QED) is 0.115. The maximum atomic E-state index is 5.21. The predicted octanol–water partition coefficient (Wildman–Crippen LogP) is 13.4. The van der Waals surface area contributed by atoms with Gasteiger partial charge in [-0.2, -0.15) is 0 Å².